The standard InChI is InChI=1S/C19H29NO3/c1-15-8-6-7-11-17(15)23-13-12-20-18(21)14-19(2,22)16-9-4-3-5-10-16/h3-5,9-10,15,17,22H,6-8,11-14H2,1-2H3,(H,20,21). The van der Waals surface area contributed by atoms with Crippen LogP contribution in [0.2, 0.25) is 0 Å². The fourth-order valence-corrected chi connectivity index (χ4v) is 3.21. The van der Waals surface area contributed by atoms with Crippen molar-refractivity contribution in [2.75, 3.05) is 13.2 Å². The van der Waals surface area contributed by atoms with Gasteiger partial charge in [-0.15, -0.1) is 0 Å². The average Bonchev–Trinajstić information content (AvgIpc) is 2.53. The third kappa shape index (κ3) is 5.63. The number of aliphatic hydroxyl groups is 1. The molecule has 4 heteroatoms. The number of carbonyl (C=O) groups is 1. The lowest BCUT2D eigenvalue weighted by molar-refractivity contribution is -0.126. The monoisotopic (exact) mass is 319 g/mol. The molecule has 1 fully saturated rings. The van der Waals surface area contributed by atoms with Crippen LogP contribution in [0.5, 0.6) is 0 Å². The van der Waals surface area contributed by atoms with Crippen LogP contribution in [-0.4, -0.2) is 30.3 Å². The van der Waals surface area contributed by atoms with E-state index in [1.807, 2.05) is 30.3 Å². The molecule has 0 heterocycles. The van der Waals surface area contributed by atoms with E-state index in [1.165, 1.54) is 19.3 Å². The fraction of sp³-hybridized carbons (Fsp3) is 0.632. The van der Waals surface area contributed by atoms with Crippen LogP contribution < -0.4 is 5.32 Å². The van der Waals surface area contributed by atoms with Crippen molar-refractivity contribution in [3.05, 3.63) is 35.9 Å². The minimum absolute atomic E-state index is 0.0524. The third-order valence-electron chi connectivity index (χ3n) is 4.69. The van der Waals surface area contributed by atoms with Crippen molar-refractivity contribution in [2.45, 2.75) is 57.7 Å². The highest BCUT2D eigenvalue weighted by Crippen LogP contribution is 2.26. The highest BCUT2D eigenvalue weighted by Gasteiger charge is 2.26. The van der Waals surface area contributed by atoms with Gasteiger partial charge in [0.05, 0.1) is 24.7 Å². The van der Waals surface area contributed by atoms with E-state index in [1.54, 1.807) is 6.92 Å². The van der Waals surface area contributed by atoms with Gasteiger partial charge in [0.15, 0.2) is 0 Å². The van der Waals surface area contributed by atoms with Crippen LogP contribution in [0.15, 0.2) is 30.3 Å². The summed E-state index contributed by atoms with van der Waals surface area (Å²) >= 11 is 0. The minimum atomic E-state index is -1.15. The summed E-state index contributed by atoms with van der Waals surface area (Å²) in [5.74, 6) is 0.456. The Bertz CT molecular complexity index is 487. The van der Waals surface area contributed by atoms with E-state index >= 15 is 0 Å². The zero-order chi connectivity index (χ0) is 16.7. The summed E-state index contributed by atoms with van der Waals surface area (Å²) in [6.07, 6.45) is 5.27. The maximum Gasteiger partial charge on any atom is 0.223 e. The summed E-state index contributed by atoms with van der Waals surface area (Å²) in [4.78, 5) is 12.0. The fourth-order valence-electron chi connectivity index (χ4n) is 3.21. The molecule has 3 atom stereocenters. The Morgan fingerprint density at radius 1 is 1.30 bits per heavy atom. The Hall–Kier alpha value is -1.39. The summed E-state index contributed by atoms with van der Waals surface area (Å²) < 4.78 is 5.88. The van der Waals surface area contributed by atoms with Gasteiger partial charge in [0, 0.05) is 6.54 Å². The van der Waals surface area contributed by atoms with Gasteiger partial charge >= 0.3 is 0 Å². The summed E-state index contributed by atoms with van der Waals surface area (Å²) in [5.41, 5.74) is -0.396. The molecule has 0 spiro atoms. The maximum atomic E-state index is 12.0. The van der Waals surface area contributed by atoms with Gasteiger partial charge in [-0.1, -0.05) is 50.1 Å². The van der Waals surface area contributed by atoms with Gasteiger partial charge in [-0.3, -0.25) is 4.79 Å². The Balaban J connectivity index is 1.69. The average molecular weight is 319 g/mol. The first-order valence-corrected chi connectivity index (χ1v) is 8.65. The zero-order valence-electron chi connectivity index (χ0n) is 14.3. The molecule has 0 aromatic heterocycles. The summed E-state index contributed by atoms with van der Waals surface area (Å²) in [5, 5.41) is 13.3. The first-order chi connectivity index (χ1) is 11.0. The molecule has 1 aromatic carbocycles. The second-order valence-electron chi connectivity index (χ2n) is 6.84. The smallest absolute Gasteiger partial charge is 0.223 e. The molecule has 1 amide bonds. The lowest BCUT2D eigenvalue weighted by atomic mass is 9.88. The predicted molar refractivity (Wildman–Crippen MR) is 91.0 cm³/mol. The second kappa shape index (κ2) is 8.46. The molecule has 0 aliphatic heterocycles. The van der Waals surface area contributed by atoms with E-state index in [-0.39, 0.29) is 12.3 Å². The van der Waals surface area contributed by atoms with Crippen LogP contribution in [0, 0.1) is 5.92 Å². The van der Waals surface area contributed by atoms with E-state index in [0.717, 1.165) is 12.0 Å². The molecule has 1 aliphatic carbocycles. The molecule has 1 saturated carbocycles. The van der Waals surface area contributed by atoms with Gasteiger partial charge in [0.1, 0.15) is 0 Å². The van der Waals surface area contributed by atoms with Gasteiger partial charge in [0.25, 0.3) is 0 Å². The van der Waals surface area contributed by atoms with Crippen LogP contribution in [0.1, 0.15) is 51.5 Å². The Morgan fingerprint density at radius 3 is 2.70 bits per heavy atom. The molecule has 1 aliphatic rings. The van der Waals surface area contributed by atoms with Crippen molar-refractivity contribution in [1.29, 1.82) is 0 Å². The molecular formula is C19H29NO3. The van der Waals surface area contributed by atoms with Crippen molar-refractivity contribution in [2.24, 2.45) is 5.92 Å². The van der Waals surface area contributed by atoms with Crippen LogP contribution in [0.3, 0.4) is 0 Å². The van der Waals surface area contributed by atoms with Gasteiger partial charge in [-0.25, -0.2) is 0 Å². The molecule has 1 aromatic rings. The molecule has 3 unspecified atom stereocenters. The van der Waals surface area contributed by atoms with Crippen molar-refractivity contribution in [3.8, 4) is 0 Å². The summed E-state index contributed by atoms with van der Waals surface area (Å²) in [7, 11) is 0. The predicted octanol–water partition coefficient (Wildman–Crippen LogP) is 3.00. The number of carbonyl (C=O) groups excluding carboxylic acids is 1. The van der Waals surface area contributed by atoms with E-state index in [2.05, 4.69) is 12.2 Å². The SMILES string of the molecule is CC1CCCCC1OCCNC(=O)CC(C)(O)c1ccccc1. The molecule has 0 saturated heterocycles. The Labute approximate surface area is 139 Å². The quantitative estimate of drug-likeness (QED) is 0.760. The van der Waals surface area contributed by atoms with Crippen molar-refractivity contribution in [3.63, 3.8) is 0 Å². The van der Waals surface area contributed by atoms with Crippen molar-refractivity contribution in [1.82, 2.24) is 5.32 Å². The normalized spacial score (nSPS) is 24.0. The lowest BCUT2D eigenvalue weighted by Crippen LogP contribution is -2.35. The third-order valence-corrected chi connectivity index (χ3v) is 4.69. The number of benzene rings is 1. The van der Waals surface area contributed by atoms with Gasteiger partial charge in [-0.05, 0) is 31.2 Å². The molecular weight excluding hydrogens is 290 g/mol. The topological polar surface area (TPSA) is 58.6 Å². The van der Waals surface area contributed by atoms with E-state index in [4.69, 9.17) is 4.74 Å². The molecule has 128 valence electrons. The number of hydrogen-bond acceptors (Lipinski definition) is 3. The lowest BCUT2D eigenvalue weighted by Gasteiger charge is -2.28. The number of ether oxygens (including phenoxy) is 1. The molecule has 4 nitrogen and oxygen atoms in total. The Morgan fingerprint density at radius 2 is 2.00 bits per heavy atom. The van der Waals surface area contributed by atoms with Crippen LogP contribution in [-0.2, 0) is 15.1 Å². The minimum Gasteiger partial charge on any atom is -0.385 e. The largest absolute Gasteiger partial charge is 0.385 e. The number of rotatable bonds is 7. The van der Waals surface area contributed by atoms with Crippen molar-refractivity contribution < 1.29 is 14.6 Å². The van der Waals surface area contributed by atoms with Gasteiger partial charge in [-0.2, -0.15) is 0 Å². The Kier molecular flexibility index (Phi) is 6.60. The van der Waals surface area contributed by atoms with Crippen LogP contribution in [0.25, 0.3) is 0 Å². The van der Waals surface area contributed by atoms with E-state index < -0.39 is 5.60 Å². The second-order valence-corrected chi connectivity index (χ2v) is 6.84. The van der Waals surface area contributed by atoms with E-state index in [0.29, 0.717) is 25.2 Å². The van der Waals surface area contributed by atoms with Crippen LogP contribution >= 0.6 is 0 Å². The molecule has 0 bridgehead atoms. The summed E-state index contributed by atoms with van der Waals surface area (Å²) in [6, 6.07) is 9.28. The number of amides is 1. The highest BCUT2D eigenvalue weighted by atomic mass is 16.5. The highest BCUT2D eigenvalue weighted by molar-refractivity contribution is 5.77. The van der Waals surface area contributed by atoms with Gasteiger partial charge in [0.2, 0.25) is 5.91 Å². The number of nitrogens with one attached hydrogen (secondary N) is 1. The first kappa shape index (κ1) is 18.0. The molecule has 23 heavy (non-hydrogen) atoms. The molecule has 2 rings (SSSR count). The van der Waals surface area contributed by atoms with E-state index in [9.17, 15) is 9.90 Å². The number of hydrogen-bond donors (Lipinski definition) is 2. The van der Waals surface area contributed by atoms with Crippen LogP contribution in [0.4, 0.5) is 0 Å². The zero-order valence-corrected chi connectivity index (χ0v) is 14.3. The molecule has 0 radical (unpaired) electrons. The first-order valence-electron chi connectivity index (χ1n) is 8.65. The summed E-state index contributed by atoms with van der Waals surface area (Å²) in [6.45, 7) is 4.93. The van der Waals surface area contributed by atoms with Gasteiger partial charge < -0.3 is 15.2 Å². The molecule has 2 N–H and O–H groups in total. The maximum absolute atomic E-state index is 12.0. The van der Waals surface area contributed by atoms with Crippen molar-refractivity contribution >= 4 is 5.91 Å².